The highest BCUT2D eigenvalue weighted by Gasteiger charge is 2.24. The number of nitrogens with one attached hydrogen (secondary N) is 1. The molecule has 0 fully saturated rings. The molecule has 0 aromatic carbocycles. The van der Waals surface area contributed by atoms with Gasteiger partial charge in [0, 0.05) is 6.42 Å². The average molecular weight is 870 g/mol. The van der Waals surface area contributed by atoms with E-state index in [0.717, 1.165) is 89.9 Å². The zero-order valence-electron chi connectivity index (χ0n) is 41.3. The quantitative estimate of drug-likeness (QED) is 0.0245. The summed E-state index contributed by atoms with van der Waals surface area (Å²) in [5.74, 6) is -0.497. The van der Waals surface area contributed by atoms with Gasteiger partial charge in [-0.1, -0.05) is 236 Å². The van der Waals surface area contributed by atoms with E-state index in [-0.39, 0.29) is 24.9 Å². The minimum atomic E-state index is -0.794. The van der Waals surface area contributed by atoms with Crippen molar-refractivity contribution in [2.24, 2.45) is 0 Å². The number of amides is 1. The Kier molecular flexibility index (Phi) is 48.1. The fraction of sp³-hybridized carbons (Fsp3) is 0.821. The molecule has 362 valence electrons. The summed E-state index contributed by atoms with van der Waals surface area (Å²) < 4.78 is 5.93. The molecule has 6 nitrogen and oxygen atoms in total. The molecule has 3 atom stereocenters. The Morgan fingerprint density at radius 3 is 1.35 bits per heavy atom. The summed E-state index contributed by atoms with van der Waals surface area (Å²) in [6, 6.07) is -0.709. The van der Waals surface area contributed by atoms with Crippen molar-refractivity contribution >= 4 is 11.9 Å². The van der Waals surface area contributed by atoms with E-state index in [1.165, 1.54) is 135 Å². The van der Waals surface area contributed by atoms with E-state index in [2.05, 4.69) is 74.7 Å². The Bertz CT molecular complexity index is 1070. The van der Waals surface area contributed by atoms with Crippen molar-refractivity contribution in [3.8, 4) is 0 Å². The molecule has 62 heavy (non-hydrogen) atoms. The van der Waals surface area contributed by atoms with Crippen LogP contribution < -0.4 is 5.32 Å². The topological polar surface area (TPSA) is 95.9 Å². The first-order valence-corrected chi connectivity index (χ1v) is 26.9. The normalized spacial score (nSPS) is 13.6. The first-order chi connectivity index (χ1) is 30.5. The van der Waals surface area contributed by atoms with E-state index in [9.17, 15) is 19.8 Å². The molecule has 0 aliphatic rings. The van der Waals surface area contributed by atoms with Crippen LogP contribution >= 0.6 is 0 Å². The predicted molar refractivity (Wildman–Crippen MR) is 269 cm³/mol. The Morgan fingerprint density at radius 1 is 0.484 bits per heavy atom. The number of hydrogen-bond donors (Lipinski definition) is 3. The summed E-state index contributed by atoms with van der Waals surface area (Å²) in [6.45, 7) is 6.36. The van der Waals surface area contributed by atoms with Crippen LogP contribution in [0.2, 0.25) is 0 Å². The maximum Gasteiger partial charge on any atom is 0.306 e. The molecule has 0 heterocycles. The molecule has 0 rings (SSSR count). The van der Waals surface area contributed by atoms with E-state index in [1.807, 2.05) is 0 Å². The molecule has 0 saturated carbocycles. The van der Waals surface area contributed by atoms with Crippen LogP contribution in [0.1, 0.15) is 271 Å². The first-order valence-electron chi connectivity index (χ1n) is 26.9. The van der Waals surface area contributed by atoms with Gasteiger partial charge < -0.3 is 20.3 Å². The average Bonchev–Trinajstić information content (AvgIpc) is 3.26. The van der Waals surface area contributed by atoms with Gasteiger partial charge in [-0.05, 0) is 70.6 Å². The number of carbonyl (C=O) groups is 2. The molecule has 0 aliphatic carbocycles. The molecular weight excluding hydrogens is 767 g/mol. The highest BCUT2D eigenvalue weighted by Crippen LogP contribution is 2.18. The molecule has 0 aliphatic heterocycles. The lowest BCUT2D eigenvalue weighted by molar-refractivity contribution is -0.151. The lowest BCUT2D eigenvalue weighted by atomic mass is 10.0. The highest BCUT2D eigenvalue weighted by molar-refractivity contribution is 5.77. The van der Waals surface area contributed by atoms with Gasteiger partial charge in [0.1, 0.15) is 6.10 Å². The van der Waals surface area contributed by atoms with Crippen LogP contribution in [0.15, 0.2) is 48.6 Å². The van der Waals surface area contributed by atoms with Crippen molar-refractivity contribution in [3.63, 3.8) is 0 Å². The fourth-order valence-corrected chi connectivity index (χ4v) is 8.13. The number of aliphatic hydroxyl groups is 2. The second kappa shape index (κ2) is 49.8. The van der Waals surface area contributed by atoms with Gasteiger partial charge in [0.2, 0.25) is 5.91 Å². The lowest BCUT2D eigenvalue weighted by Crippen LogP contribution is -2.46. The van der Waals surface area contributed by atoms with Crippen LogP contribution in [0.3, 0.4) is 0 Å². The minimum Gasteiger partial charge on any atom is -0.462 e. The molecule has 0 radical (unpaired) electrons. The van der Waals surface area contributed by atoms with E-state index in [0.29, 0.717) is 19.3 Å². The Labute approximate surface area is 385 Å². The van der Waals surface area contributed by atoms with Crippen molar-refractivity contribution in [2.75, 3.05) is 6.61 Å². The van der Waals surface area contributed by atoms with Gasteiger partial charge in [0.05, 0.1) is 25.2 Å². The second-order valence-electron chi connectivity index (χ2n) is 18.3. The highest BCUT2D eigenvalue weighted by atomic mass is 16.5. The molecule has 0 saturated heterocycles. The van der Waals surface area contributed by atoms with Crippen LogP contribution in [-0.2, 0) is 14.3 Å². The van der Waals surface area contributed by atoms with E-state index >= 15 is 0 Å². The maximum absolute atomic E-state index is 13.2. The molecule has 0 aromatic heterocycles. The fourth-order valence-electron chi connectivity index (χ4n) is 8.13. The van der Waals surface area contributed by atoms with E-state index < -0.39 is 18.2 Å². The minimum absolute atomic E-state index is 0.0616. The Morgan fingerprint density at radius 2 is 0.887 bits per heavy atom. The van der Waals surface area contributed by atoms with Crippen LogP contribution in [0.5, 0.6) is 0 Å². The summed E-state index contributed by atoms with van der Waals surface area (Å²) in [5.41, 5.74) is 0. The Hall–Kier alpha value is -2.18. The van der Waals surface area contributed by atoms with Crippen molar-refractivity contribution < 1.29 is 24.5 Å². The number of aliphatic hydroxyl groups excluding tert-OH is 2. The summed E-state index contributed by atoms with van der Waals surface area (Å²) in [4.78, 5) is 26.2. The molecule has 1 amide bonds. The van der Waals surface area contributed by atoms with Gasteiger partial charge in [-0.25, -0.2) is 0 Å². The van der Waals surface area contributed by atoms with Crippen molar-refractivity contribution in [1.82, 2.24) is 5.32 Å². The van der Waals surface area contributed by atoms with Gasteiger partial charge in [0.15, 0.2) is 0 Å². The zero-order valence-corrected chi connectivity index (χ0v) is 41.3. The number of unbranched alkanes of at least 4 members (excludes halogenated alkanes) is 30. The second-order valence-corrected chi connectivity index (χ2v) is 18.3. The molecule has 3 N–H and O–H groups in total. The molecule has 6 heteroatoms. The van der Waals surface area contributed by atoms with Crippen LogP contribution in [-0.4, -0.2) is 46.9 Å². The smallest absolute Gasteiger partial charge is 0.306 e. The van der Waals surface area contributed by atoms with Crippen LogP contribution in [0.4, 0.5) is 0 Å². The Balaban J connectivity index is 4.57. The van der Waals surface area contributed by atoms with E-state index in [1.54, 1.807) is 0 Å². The van der Waals surface area contributed by atoms with Crippen LogP contribution in [0.25, 0.3) is 0 Å². The van der Waals surface area contributed by atoms with Crippen molar-refractivity contribution in [2.45, 2.75) is 289 Å². The number of ether oxygens (including phenoxy) is 1. The zero-order chi connectivity index (χ0) is 45.2. The van der Waals surface area contributed by atoms with Crippen molar-refractivity contribution in [1.29, 1.82) is 0 Å². The van der Waals surface area contributed by atoms with Gasteiger partial charge in [-0.2, -0.15) is 0 Å². The van der Waals surface area contributed by atoms with Gasteiger partial charge in [0.25, 0.3) is 0 Å². The summed E-state index contributed by atoms with van der Waals surface area (Å²) >= 11 is 0. The standard InChI is InChI=1S/C56H103NO5/c1-4-7-10-13-16-19-22-25-27-28-31-34-37-40-43-46-49-56(61)62-52(47-44-41-38-35-32-29-24-21-18-15-12-9-6-3)50-55(60)57-53(51-58)54(59)48-45-42-39-36-33-30-26-23-20-17-14-11-8-5-2/h9,12,15,18,21,24,27-28,52-54,58-59H,4-8,10-11,13-14,16-17,19-20,22-23,25-26,29-51H2,1-3H3,(H,57,60)/b12-9+,18-15+,24-21+,28-27+. The third kappa shape index (κ3) is 44.4. The summed E-state index contributed by atoms with van der Waals surface area (Å²) in [5, 5.41) is 23.8. The number of carbonyl (C=O) groups excluding carboxylic acids is 2. The van der Waals surface area contributed by atoms with Crippen molar-refractivity contribution in [3.05, 3.63) is 48.6 Å². The number of rotatable bonds is 48. The summed E-state index contributed by atoms with van der Waals surface area (Å²) in [7, 11) is 0. The third-order valence-corrected chi connectivity index (χ3v) is 12.2. The van der Waals surface area contributed by atoms with Gasteiger partial charge >= 0.3 is 5.97 Å². The maximum atomic E-state index is 13.2. The van der Waals surface area contributed by atoms with Gasteiger partial charge in [-0.3, -0.25) is 9.59 Å². The predicted octanol–water partition coefficient (Wildman–Crippen LogP) is 16.2. The first kappa shape index (κ1) is 59.8. The largest absolute Gasteiger partial charge is 0.462 e. The number of hydrogen-bond acceptors (Lipinski definition) is 5. The molecule has 3 unspecified atom stereocenters. The number of esters is 1. The lowest BCUT2D eigenvalue weighted by Gasteiger charge is -2.24. The van der Waals surface area contributed by atoms with Crippen LogP contribution in [0, 0.1) is 0 Å². The number of allylic oxidation sites excluding steroid dienone is 8. The molecule has 0 aromatic rings. The summed E-state index contributed by atoms with van der Waals surface area (Å²) in [6.07, 6.45) is 60.3. The molecule has 0 bridgehead atoms. The molecule has 0 spiro atoms. The SMILES string of the molecule is CC/C=C/C=C/C=C/CCCCCCCC(CC(=O)NC(CO)C(O)CCCCCCCCCCCCCCCC)OC(=O)CCCCCCC/C=C/CCCCCCCCC. The van der Waals surface area contributed by atoms with E-state index in [4.69, 9.17) is 4.74 Å². The van der Waals surface area contributed by atoms with Gasteiger partial charge in [-0.15, -0.1) is 0 Å². The molecular formula is C56H103NO5. The third-order valence-electron chi connectivity index (χ3n) is 12.2. The monoisotopic (exact) mass is 870 g/mol.